The molecule has 5 nitrogen and oxygen atoms in total. The lowest BCUT2D eigenvalue weighted by molar-refractivity contribution is -0.136. The van der Waals surface area contributed by atoms with Crippen LogP contribution in [0.15, 0.2) is 48.5 Å². The molecule has 0 unspecified atom stereocenters. The van der Waals surface area contributed by atoms with Crippen LogP contribution in [0, 0.1) is 11.8 Å². The molecule has 0 spiro atoms. The molecule has 0 bridgehead atoms. The number of halogens is 1. The molecule has 2 aromatic rings. The third-order valence-electron chi connectivity index (χ3n) is 3.16. The van der Waals surface area contributed by atoms with Crippen molar-refractivity contribution in [3.05, 3.63) is 70.2 Å². The number of carbonyl (C=O) groups excluding carboxylic acids is 1. The van der Waals surface area contributed by atoms with Crippen LogP contribution in [0.25, 0.3) is 0 Å². The van der Waals surface area contributed by atoms with Crippen molar-refractivity contribution < 1.29 is 19.4 Å². The van der Waals surface area contributed by atoms with Gasteiger partial charge >= 0.3 is 12.1 Å². The molecule has 0 saturated heterocycles. The number of carbonyl (C=O) groups is 2. The molecule has 2 aromatic carbocycles. The lowest BCUT2D eigenvalue weighted by Gasteiger charge is -2.04. The van der Waals surface area contributed by atoms with Crippen LogP contribution < -0.4 is 5.32 Å². The van der Waals surface area contributed by atoms with Gasteiger partial charge in [-0.15, -0.1) is 0 Å². The number of nitrogens with one attached hydrogen (secondary N) is 1. The van der Waals surface area contributed by atoms with E-state index in [-0.39, 0.29) is 19.6 Å². The molecular weight excluding hydrogens is 342 g/mol. The van der Waals surface area contributed by atoms with E-state index in [9.17, 15) is 9.59 Å². The predicted molar refractivity (Wildman–Crippen MR) is 94.3 cm³/mol. The first-order chi connectivity index (χ1) is 12.0. The standard InChI is InChI=1S/C19H16ClNO4/c20-17-11-14(8-9-16(17)12-18(22)23)7-4-10-21-19(24)25-13-15-5-2-1-3-6-15/h1-3,5-6,8-9,11H,10,12-13H2,(H,21,24)(H,22,23). The maximum absolute atomic E-state index is 11.6. The van der Waals surface area contributed by atoms with Gasteiger partial charge in [-0.25, -0.2) is 4.79 Å². The third-order valence-corrected chi connectivity index (χ3v) is 3.51. The average molecular weight is 358 g/mol. The second-order valence-electron chi connectivity index (χ2n) is 5.09. The van der Waals surface area contributed by atoms with Gasteiger partial charge in [-0.1, -0.05) is 59.8 Å². The van der Waals surface area contributed by atoms with Crippen LogP contribution in [0.5, 0.6) is 0 Å². The van der Waals surface area contributed by atoms with Crippen LogP contribution in [0.3, 0.4) is 0 Å². The number of hydrogen-bond acceptors (Lipinski definition) is 3. The van der Waals surface area contributed by atoms with Crippen molar-refractivity contribution in [3.8, 4) is 11.8 Å². The molecule has 25 heavy (non-hydrogen) atoms. The summed E-state index contributed by atoms with van der Waals surface area (Å²) in [4.78, 5) is 22.2. The molecule has 6 heteroatoms. The topological polar surface area (TPSA) is 75.6 Å². The van der Waals surface area contributed by atoms with Gasteiger partial charge in [0, 0.05) is 10.6 Å². The smallest absolute Gasteiger partial charge is 0.408 e. The van der Waals surface area contributed by atoms with Crippen molar-refractivity contribution in [1.82, 2.24) is 5.32 Å². The van der Waals surface area contributed by atoms with Crippen molar-refractivity contribution >= 4 is 23.7 Å². The lowest BCUT2D eigenvalue weighted by atomic mass is 10.1. The molecule has 128 valence electrons. The largest absolute Gasteiger partial charge is 0.481 e. The third kappa shape index (κ3) is 6.58. The Labute approximate surface area is 150 Å². The van der Waals surface area contributed by atoms with Gasteiger partial charge in [-0.05, 0) is 23.3 Å². The summed E-state index contributed by atoms with van der Waals surface area (Å²) >= 11 is 6.02. The SMILES string of the molecule is O=C(O)Cc1ccc(C#CCNC(=O)OCc2ccccc2)cc1Cl. The number of aliphatic carboxylic acids is 1. The average Bonchev–Trinajstić information content (AvgIpc) is 2.60. The Kier molecular flexibility index (Phi) is 6.87. The van der Waals surface area contributed by atoms with Crippen LogP contribution in [0.2, 0.25) is 5.02 Å². The van der Waals surface area contributed by atoms with E-state index >= 15 is 0 Å². The fraction of sp³-hybridized carbons (Fsp3) is 0.158. The van der Waals surface area contributed by atoms with Crippen LogP contribution in [0.4, 0.5) is 4.79 Å². The molecule has 0 fully saturated rings. The maximum Gasteiger partial charge on any atom is 0.408 e. The number of alkyl carbamates (subject to hydrolysis) is 1. The Bertz CT molecular complexity index is 809. The first kappa shape index (κ1) is 18.4. The number of ether oxygens (including phenoxy) is 1. The molecule has 0 aliphatic rings. The van der Waals surface area contributed by atoms with E-state index < -0.39 is 12.1 Å². The Morgan fingerprint density at radius 2 is 1.92 bits per heavy atom. The fourth-order valence-corrected chi connectivity index (χ4v) is 2.22. The number of amides is 1. The quantitative estimate of drug-likeness (QED) is 0.805. The molecule has 0 aromatic heterocycles. The predicted octanol–water partition coefficient (Wildman–Crippen LogP) is 3.25. The van der Waals surface area contributed by atoms with Gasteiger partial charge in [-0.2, -0.15) is 0 Å². The van der Waals surface area contributed by atoms with Crippen LogP contribution in [0.1, 0.15) is 16.7 Å². The highest BCUT2D eigenvalue weighted by atomic mass is 35.5. The van der Waals surface area contributed by atoms with Gasteiger partial charge in [-0.3, -0.25) is 4.79 Å². The second-order valence-corrected chi connectivity index (χ2v) is 5.50. The summed E-state index contributed by atoms with van der Waals surface area (Å²) in [6.07, 6.45) is -0.686. The van der Waals surface area contributed by atoms with E-state index in [2.05, 4.69) is 17.2 Å². The first-order valence-corrected chi connectivity index (χ1v) is 7.86. The normalized spacial score (nSPS) is 9.64. The van der Waals surface area contributed by atoms with Crippen molar-refractivity contribution in [2.75, 3.05) is 6.54 Å². The zero-order valence-corrected chi connectivity index (χ0v) is 14.0. The molecule has 1 amide bonds. The lowest BCUT2D eigenvalue weighted by Crippen LogP contribution is -2.24. The first-order valence-electron chi connectivity index (χ1n) is 7.48. The molecule has 0 aliphatic heterocycles. The summed E-state index contributed by atoms with van der Waals surface area (Å²) in [7, 11) is 0. The van der Waals surface area contributed by atoms with Crippen molar-refractivity contribution in [2.24, 2.45) is 0 Å². The summed E-state index contributed by atoms with van der Waals surface area (Å²) in [5, 5.41) is 11.6. The minimum atomic E-state index is -0.945. The summed E-state index contributed by atoms with van der Waals surface area (Å²) in [5.41, 5.74) is 2.07. The Balaban J connectivity index is 1.79. The Morgan fingerprint density at radius 1 is 1.16 bits per heavy atom. The number of carboxylic acids is 1. The fourth-order valence-electron chi connectivity index (χ4n) is 1.97. The minimum Gasteiger partial charge on any atom is -0.481 e. The zero-order chi connectivity index (χ0) is 18.1. The van der Waals surface area contributed by atoms with E-state index in [1.807, 2.05) is 30.3 Å². The monoisotopic (exact) mass is 357 g/mol. The molecule has 2 N–H and O–H groups in total. The van der Waals surface area contributed by atoms with Crippen LogP contribution >= 0.6 is 11.6 Å². The van der Waals surface area contributed by atoms with E-state index in [4.69, 9.17) is 21.4 Å². The van der Waals surface area contributed by atoms with Gasteiger partial charge in [0.15, 0.2) is 0 Å². The Hall–Kier alpha value is -2.97. The van der Waals surface area contributed by atoms with Crippen molar-refractivity contribution in [1.29, 1.82) is 0 Å². The molecule has 0 saturated carbocycles. The Morgan fingerprint density at radius 3 is 2.60 bits per heavy atom. The number of benzene rings is 2. The van der Waals surface area contributed by atoms with Gasteiger partial charge in [0.1, 0.15) is 6.61 Å². The van der Waals surface area contributed by atoms with E-state index in [1.165, 1.54) is 0 Å². The summed E-state index contributed by atoms with van der Waals surface area (Å²) in [6.45, 7) is 0.322. The van der Waals surface area contributed by atoms with Gasteiger partial charge in [0.2, 0.25) is 0 Å². The van der Waals surface area contributed by atoms with Crippen LogP contribution in [-0.4, -0.2) is 23.7 Å². The minimum absolute atomic E-state index is 0.127. The van der Waals surface area contributed by atoms with E-state index in [1.54, 1.807) is 18.2 Å². The molecule has 2 rings (SSSR count). The molecule has 0 atom stereocenters. The zero-order valence-electron chi connectivity index (χ0n) is 13.3. The number of hydrogen-bond donors (Lipinski definition) is 2. The van der Waals surface area contributed by atoms with Gasteiger partial charge in [0.25, 0.3) is 0 Å². The highest BCUT2D eigenvalue weighted by molar-refractivity contribution is 6.31. The summed E-state index contributed by atoms with van der Waals surface area (Å²) < 4.78 is 5.06. The van der Waals surface area contributed by atoms with Crippen LogP contribution in [-0.2, 0) is 22.6 Å². The molecule has 0 heterocycles. The van der Waals surface area contributed by atoms with E-state index in [0.717, 1.165) is 5.56 Å². The van der Waals surface area contributed by atoms with Gasteiger partial charge in [0.05, 0.1) is 13.0 Å². The highest BCUT2D eigenvalue weighted by Gasteiger charge is 2.05. The summed E-state index contributed by atoms with van der Waals surface area (Å²) in [6, 6.07) is 14.3. The van der Waals surface area contributed by atoms with Gasteiger partial charge < -0.3 is 15.2 Å². The second kappa shape index (κ2) is 9.36. The molecule has 0 aliphatic carbocycles. The summed E-state index contributed by atoms with van der Waals surface area (Å²) in [5.74, 6) is 4.68. The molecule has 0 radical (unpaired) electrons. The highest BCUT2D eigenvalue weighted by Crippen LogP contribution is 2.18. The van der Waals surface area contributed by atoms with Crippen molar-refractivity contribution in [3.63, 3.8) is 0 Å². The number of carboxylic acid groups (broad SMARTS) is 1. The number of rotatable bonds is 5. The molecular formula is C19H16ClNO4. The maximum atomic E-state index is 11.6. The van der Waals surface area contributed by atoms with E-state index in [0.29, 0.717) is 16.1 Å². The van der Waals surface area contributed by atoms with Crippen molar-refractivity contribution in [2.45, 2.75) is 13.0 Å².